The summed E-state index contributed by atoms with van der Waals surface area (Å²) in [5.74, 6) is 0.243. The fourth-order valence-electron chi connectivity index (χ4n) is 3.51. The summed E-state index contributed by atoms with van der Waals surface area (Å²) < 4.78 is 0. The number of carboxylic acid groups (broad SMARTS) is 1. The molecule has 0 aromatic carbocycles. The van der Waals surface area contributed by atoms with Gasteiger partial charge in [0.1, 0.15) is 6.04 Å². The minimum atomic E-state index is -0.886. The number of piperidine rings is 1. The number of hydrogen-bond acceptors (Lipinski definition) is 3. The summed E-state index contributed by atoms with van der Waals surface area (Å²) >= 11 is 1.95. The molecule has 1 aliphatic carbocycles. The van der Waals surface area contributed by atoms with Gasteiger partial charge >= 0.3 is 12.0 Å². The maximum atomic E-state index is 12.4. The number of thioether (sulfide) groups is 1. The highest BCUT2D eigenvalue weighted by atomic mass is 32.2. The smallest absolute Gasteiger partial charge is 0.326 e. The van der Waals surface area contributed by atoms with Crippen LogP contribution in [-0.2, 0) is 4.79 Å². The van der Waals surface area contributed by atoms with Crippen LogP contribution in [0.3, 0.4) is 0 Å². The molecule has 0 bridgehead atoms. The molecule has 0 aromatic heterocycles. The van der Waals surface area contributed by atoms with E-state index in [1.165, 1.54) is 4.90 Å². The van der Waals surface area contributed by atoms with Crippen LogP contribution < -0.4 is 5.32 Å². The Labute approximate surface area is 130 Å². The number of amides is 2. The van der Waals surface area contributed by atoms with Crippen molar-refractivity contribution in [3.05, 3.63) is 0 Å². The third kappa shape index (κ3) is 4.05. The summed E-state index contributed by atoms with van der Waals surface area (Å²) in [6, 6.07) is -0.671. The lowest BCUT2D eigenvalue weighted by atomic mass is 9.91. The van der Waals surface area contributed by atoms with E-state index >= 15 is 0 Å². The van der Waals surface area contributed by atoms with E-state index in [4.69, 9.17) is 0 Å². The maximum Gasteiger partial charge on any atom is 0.326 e. The van der Waals surface area contributed by atoms with Gasteiger partial charge in [0.2, 0.25) is 0 Å². The summed E-state index contributed by atoms with van der Waals surface area (Å²) in [6.07, 6.45) is 4.91. The van der Waals surface area contributed by atoms with Crippen LogP contribution in [0.4, 0.5) is 4.79 Å². The SMILES string of the molecule is CCSC1CCC(NC(=O)N2CCCC(C)C2C(=O)O)C1. The molecule has 1 saturated heterocycles. The van der Waals surface area contributed by atoms with Crippen LogP contribution in [0, 0.1) is 5.92 Å². The number of carbonyl (C=O) groups excluding carboxylic acids is 1. The predicted molar refractivity (Wildman–Crippen MR) is 84.6 cm³/mol. The number of hydrogen-bond donors (Lipinski definition) is 2. The van der Waals surface area contributed by atoms with Crippen molar-refractivity contribution in [2.24, 2.45) is 5.92 Å². The van der Waals surface area contributed by atoms with Gasteiger partial charge in [-0.05, 0) is 43.8 Å². The first-order valence-corrected chi connectivity index (χ1v) is 8.99. The second kappa shape index (κ2) is 7.38. The number of urea groups is 1. The van der Waals surface area contributed by atoms with Gasteiger partial charge in [-0.3, -0.25) is 0 Å². The molecule has 0 aromatic rings. The Hall–Kier alpha value is -0.910. The molecule has 1 saturated carbocycles. The molecule has 5 nitrogen and oxygen atoms in total. The number of aliphatic carboxylic acids is 1. The van der Waals surface area contributed by atoms with Gasteiger partial charge in [-0.25, -0.2) is 9.59 Å². The molecular formula is C15H26N2O3S. The first-order valence-electron chi connectivity index (χ1n) is 7.94. The Morgan fingerprint density at radius 2 is 2.10 bits per heavy atom. The topological polar surface area (TPSA) is 69.6 Å². The average Bonchev–Trinajstić information content (AvgIpc) is 2.85. The van der Waals surface area contributed by atoms with E-state index in [2.05, 4.69) is 12.2 Å². The lowest BCUT2D eigenvalue weighted by Crippen LogP contribution is -2.56. The number of rotatable bonds is 4. The normalized spacial score (nSPS) is 33.0. The lowest BCUT2D eigenvalue weighted by Gasteiger charge is -2.37. The van der Waals surface area contributed by atoms with E-state index in [0.717, 1.165) is 37.9 Å². The van der Waals surface area contributed by atoms with E-state index < -0.39 is 12.0 Å². The highest BCUT2D eigenvalue weighted by molar-refractivity contribution is 7.99. The van der Waals surface area contributed by atoms with Crippen molar-refractivity contribution in [1.29, 1.82) is 0 Å². The molecule has 2 fully saturated rings. The molecule has 0 radical (unpaired) electrons. The summed E-state index contributed by atoms with van der Waals surface area (Å²) in [7, 11) is 0. The van der Waals surface area contributed by atoms with E-state index in [1.807, 2.05) is 18.7 Å². The monoisotopic (exact) mass is 314 g/mol. The van der Waals surface area contributed by atoms with Crippen molar-refractivity contribution in [2.75, 3.05) is 12.3 Å². The van der Waals surface area contributed by atoms with Crippen LogP contribution >= 0.6 is 11.8 Å². The molecule has 2 rings (SSSR count). The van der Waals surface area contributed by atoms with E-state index in [1.54, 1.807) is 0 Å². The van der Waals surface area contributed by atoms with Gasteiger partial charge < -0.3 is 15.3 Å². The van der Waals surface area contributed by atoms with E-state index in [-0.39, 0.29) is 18.0 Å². The Balaban J connectivity index is 1.91. The van der Waals surface area contributed by atoms with Crippen molar-refractivity contribution in [3.8, 4) is 0 Å². The summed E-state index contributed by atoms with van der Waals surface area (Å²) in [5, 5.41) is 13.1. The Morgan fingerprint density at radius 1 is 1.33 bits per heavy atom. The third-order valence-electron chi connectivity index (χ3n) is 4.56. The molecule has 1 aliphatic heterocycles. The first-order chi connectivity index (χ1) is 10.0. The first kappa shape index (κ1) is 16.5. The highest BCUT2D eigenvalue weighted by Crippen LogP contribution is 2.30. The van der Waals surface area contributed by atoms with Gasteiger partial charge in [-0.15, -0.1) is 0 Å². The van der Waals surface area contributed by atoms with Crippen LogP contribution in [0.15, 0.2) is 0 Å². The van der Waals surface area contributed by atoms with Crippen LogP contribution in [0.1, 0.15) is 46.0 Å². The zero-order valence-corrected chi connectivity index (χ0v) is 13.7. The molecule has 4 unspecified atom stereocenters. The molecule has 21 heavy (non-hydrogen) atoms. The Morgan fingerprint density at radius 3 is 2.76 bits per heavy atom. The summed E-state index contributed by atoms with van der Waals surface area (Å²) in [4.78, 5) is 25.4. The number of nitrogens with zero attached hydrogens (tertiary/aromatic N) is 1. The molecular weight excluding hydrogens is 288 g/mol. The highest BCUT2D eigenvalue weighted by Gasteiger charge is 2.38. The van der Waals surface area contributed by atoms with E-state index in [9.17, 15) is 14.7 Å². The zero-order valence-electron chi connectivity index (χ0n) is 12.9. The van der Waals surface area contributed by atoms with Crippen LogP contribution in [0.2, 0.25) is 0 Å². The number of nitrogens with one attached hydrogen (secondary N) is 1. The van der Waals surface area contributed by atoms with E-state index in [0.29, 0.717) is 11.8 Å². The lowest BCUT2D eigenvalue weighted by molar-refractivity contribution is -0.145. The van der Waals surface area contributed by atoms with Crippen molar-refractivity contribution in [2.45, 2.75) is 63.3 Å². The molecule has 1 heterocycles. The average molecular weight is 314 g/mol. The minimum Gasteiger partial charge on any atom is -0.480 e. The molecule has 2 amide bonds. The second-order valence-electron chi connectivity index (χ2n) is 6.13. The maximum absolute atomic E-state index is 12.4. The largest absolute Gasteiger partial charge is 0.480 e. The number of likely N-dealkylation sites (tertiary alicyclic amines) is 1. The van der Waals surface area contributed by atoms with Gasteiger partial charge in [-0.2, -0.15) is 11.8 Å². The van der Waals surface area contributed by atoms with Gasteiger partial charge in [0.15, 0.2) is 0 Å². The summed E-state index contributed by atoms with van der Waals surface area (Å²) in [6.45, 7) is 4.62. The minimum absolute atomic E-state index is 0.0222. The third-order valence-corrected chi connectivity index (χ3v) is 5.79. The predicted octanol–water partition coefficient (Wildman–Crippen LogP) is 2.56. The van der Waals surface area contributed by atoms with Crippen molar-refractivity contribution in [1.82, 2.24) is 10.2 Å². The standard InChI is InChI=1S/C15H26N2O3S/c1-3-21-12-7-6-11(9-12)16-15(20)17-8-4-5-10(2)13(17)14(18)19/h10-13H,3-9H2,1-2H3,(H,16,20)(H,18,19). The number of carboxylic acids is 1. The molecule has 4 atom stereocenters. The quantitative estimate of drug-likeness (QED) is 0.836. The van der Waals surface area contributed by atoms with Crippen LogP contribution in [0.5, 0.6) is 0 Å². The van der Waals surface area contributed by atoms with Gasteiger partial charge in [0.05, 0.1) is 0 Å². The molecule has 6 heteroatoms. The van der Waals surface area contributed by atoms with Gasteiger partial charge in [-0.1, -0.05) is 13.8 Å². The molecule has 2 N–H and O–H groups in total. The van der Waals surface area contributed by atoms with Gasteiger partial charge in [0, 0.05) is 17.8 Å². The summed E-state index contributed by atoms with van der Waals surface area (Å²) in [5.41, 5.74) is 0. The number of carbonyl (C=O) groups is 2. The molecule has 120 valence electrons. The molecule has 0 spiro atoms. The fraction of sp³-hybridized carbons (Fsp3) is 0.867. The Bertz CT molecular complexity index is 391. The van der Waals surface area contributed by atoms with Crippen molar-refractivity contribution < 1.29 is 14.7 Å². The Kier molecular flexibility index (Phi) is 5.79. The van der Waals surface area contributed by atoms with Crippen LogP contribution in [-0.4, -0.2) is 51.6 Å². The van der Waals surface area contributed by atoms with Crippen molar-refractivity contribution in [3.63, 3.8) is 0 Å². The second-order valence-corrected chi connectivity index (χ2v) is 7.71. The van der Waals surface area contributed by atoms with Crippen molar-refractivity contribution >= 4 is 23.8 Å². The van der Waals surface area contributed by atoms with Gasteiger partial charge in [0.25, 0.3) is 0 Å². The fourth-order valence-corrected chi connectivity index (χ4v) is 4.65. The van der Waals surface area contributed by atoms with Crippen LogP contribution in [0.25, 0.3) is 0 Å². The molecule has 2 aliphatic rings. The zero-order chi connectivity index (χ0) is 15.4.